The fourth-order valence-electron chi connectivity index (χ4n) is 5.23. The highest BCUT2D eigenvalue weighted by atomic mass is 16.5. The van der Waals surface area contributed by atoms with E-state index in [1.165, 1.54) is 25.7 Å². The van der Waals surface area contributed by atoms with Crippen molar-refractivity contribution < 1.29 is 19.1 Å². The molecule has 0 aromatic heterocycles. The third-order valence-electron chi connectivity index (χ3n) is 7.25. The van der Waals surface area contributed by atoms with Crippen molar-refractivity contribution in [2.45, 2.75) is 82.5 Å². The highest BCUT2D eigenvalue weighted by Crippen LogP contribution is 2.35. The van der Waals surface area contributed by atoms with Crippen LogP contribution < -0.4 is 14.8 Å². The highest BCUT2D eigenvalue weighted by Gasteiger charge is 2.36. The summed E-state index contributed by atoms with van der Waals surface area (Å²) in [5, 5.41) is 2.98. The fourth-order valence-corrected chi connectivity index (χ4v) is 5.23. The van der Waals surface area contributed by atoms with Crippen LogP contribution in [0.5, 0.6) is 11.5 Å². The predicted octanol–water partition coefficient (Wildman–Crippen LogP) is 5.16. The van der Waals surface area contributed by atoms with Crippen LogP contribution in [0, 0.1) is 0 Å². The molecule has 2 aromatic carbocycles. The molecule has 0 radical (unpaired) electrons. The fraction of sp³-hybridized carbons (Fsp3) is 0.500. The number of hydrogen-bond acceptors (Lipinski definition) is 4. The van der Waals surface area contributed by atoms with Crippen LogP contribution in [0.1, 0.15) is 85.3 Å². The summed E-state index contributed by atoms with van der Waals surface area (Å²) in [6, 6.07) is 13.6. The minimum absolute atomic E-state index is 0.0755. The van der Waals surface area contributed by atoms with Crippen molar-refractivity contribution in [2.75, 3.05) is 7.11 Å². The quantitative estimate of drug-likeness (QED) is 0.550. The Morgan fingerprint density at radius 2 is 1.76 bits per heavy atom. The largest absolute Gasteiger partial charge is 0.493 e. The first kappa shape index (κ1) is 22.8. The van der Waals surface area contributed by atoms with Gasteiger partial charge in [-0.1, -0.05) is 37.1 Å². The van der Waals surface area contributed by atoms with Gasteiger partial charge in [0.05, 0.1) is 25.7 Å². The lowest BCUT2D eigenvalue weighted by Crippen LogP contribution is -2.35. The Morgan fingerprint density at radius 1 is 1.00 bits per heavy atom. The van der Waals surface area contributed by atoms with Crippen molar-refractivity contribution in [3.63, 3.8) is 0 Å². The maximum atomic E-state index is 13.4. The molecule has 2 aromatic rings. The molecule has 0 saturated heterocycles. The zero-order valence-corrected chi connectivity index (χ0v) is 19.9. The molecular formula is C28H34N2O4. The number of carbonyl (C=O) groups excluding carboxylic acids is 2. The van der Waals surface area contributed by atoms with Gasteiger partial charge >= 0.3 is 0 Å². The van der Waals surface area contributed by atoms with Crippen molar-refractivity contribution in [1.82, 2.24) is 10.2 Å². The molecule has 2 saturated carbocycles. The Balaban J connectivity index is 1.29. The molecule has 6 heteroatoms. The number of benzene rings is 2. The second-order valence-electron chi connectivity index (χ2n) is 9.79. The van der Waals surface area contributed by atoms with Gasteiger partial charge in [-0.15, -0.1) is 0 Å². The third kappa shape index (κ3) is 5.06. The first-order valence-electron chi connectivity index (χ1n) is 12.6. The summed E-state index contributed by atoms with van der Waals surface area (Å²) in [6.45, 7) is 0.539. The molecule has 1 N–H and O–H groups in total. The van der Waals surface area contributed by atoms with Gasteiger partial charge in [0.25, 0.3) is 5.91 Å². The lowest BCUT2D eigenvalue weighted by atomic mass is 10.0. The number of amides is 2. The van der Waals surface area contributed by atoms with E-state index in [1.54, 1.807) is 7.11 Å². The first-order valence-corrected chi connectivity index (χ1v) is 12.6. The molecule has 2 aliphatic carbocycles. The van der Waals surface area contributed by atoms with Gasteiger partial charge in [-0.25, -0.2) is 0 Å². The van der Waals surface area contributed by atoms with Crippen LogP contribution in [-0.2, 0) is 11.3 Å². The minimum atomic E-state index is -0.262. The van der Waals surface area contributed by atoms with Gasteiger partial charge in [0.2, 0.25) is 5.91 Å². The van der Waals surface area contributed by atoms with Crippen molar-refractivity contribution in [3.8, 4) is 11.5 Å². The molecule has 34 heavy (non-hydrogen) atoms. The lowest BCUT2D eigenvalue weighted by molar-refractivity contribution is -0.132. The zero-order valence-electron chi connectivity index (χ0n) is 19.9. The maximum Gasteiger partial charge on any atom is 0.252 e. The summed E-state index contributed by atoms with van der Waals surface area (Å²) in [6.07, 6.45) is 9.68. The van der Waals surface area contributed by atoms with E-state index in [2.05, 4.69) is 5.32 Å². The zero-order chi connectivity index (χ0) is 23.5. The average Bonchev–Trinajstić information content (AvgIpc) is 3.67. The summed E-state index contributed by atoms with van der Waals surface area (Å²) < 4.78 is 12.0. The van der Waals surface area contributed by atoms with Gasteiger partial charge < -0.3 is 19.7 Å². The van der Waals surface area contributed by atoms with Gasteiger partial charge in [-0.05, 0) is 67.9 Å². The van der Waals surface area contributed by atoms with Gasteiger partial charge in [-0.2, -0.15) is 0 Å². The van der Waals surface area contributed by atoms with Crippen LogP contribution in [-0.4, -0.2) is 36.0 Å². The minimum Gasteiger partial charge on any atom is -0.493 e. The molecule has 5 rings (SSSR count). The summed E-state index contributed by atoms with van der Waals surface area (Å²) in [4.78, 5) is 27.6. The molecule has 3 aliphatic rings. The number of rotatable bonds is 8. The standard InChI is InChI=1S/C28H34N2O4/c1-33-25-15-12-19(16-26(25)34-21-8-4-2-3-5-9-21)18-30(20-13-14-20)27(31)17-24-22-10-6-7-11-23(22)28(32)29-24/h6-7,10-12,15-16,20-21,24H,2-5,8-9,13-14,17-18H2,1H3,(H,29,32). The SMILES string of the molecule is COc1ccc(CN(C(=O)CC2NC(=O)c3ccccc32)C2CC2)cc1OC1CCCCCC1. The van der Waals surface area contributed by atoms with E-state index in [0.29, 0.717) is 12.1 Å². The van der Waals surface area contributed by atoms with Crippen molar-refractivity contribution >= 4 is 11.8 Å². The molecule has 1 unspecified atom stereocenters. The summed E-state index contributed by atoms with van der Waals surface area (Å²) in [5.41, 5.74) is 2.63. The Bertz CT molecular complexity index is 1040. The van der Waals surface area contributed by atoms with E-state index in [9.17, 15) is 9.59 Å². The number of ether oxygens (including phenoxy) is 2. The normalized spacial score (nSPS) is 20.3. The predicted molar refractivity (Wildman–Crippen MR) is 130 cm³/mol. The first-order chi connectivity index (χ1) is 16.6. The van der Waals surface area contributed by atoms with E-state index in [0.717, 1.165) is 48.3 Å². The molecule has 180 valence electrons. The van der Waals surface area contributed by atoms with Gasteiger partial charge in [0.15, 0.2) is 11.5 Å². The van der Waals surface area contributed by atoms with E-state index in [4.69, 9.17) is 9.47 Å². The molecule has 1 heterocycles. The molecule has 2 amide bonds. The van der Waals surface area contributed by atoms with E-state index >= 15 is 0 Å². The highest BCUT2D eigenvalue weighted by molar-refractivity contribution is 5.99. The average molecular weight is 463 g/mol. The van der Waals surface area contributed by atoms with Crippen LogP contribution in [0.4, 0.5) is 0 Å². The van der Waals surface area contributed by atoms with Gasteiger partial charge in [0.1, 0.15) is 0 Å². The van der Waals surface area contributed by atoms with Crippen molar-refractivity contribution in [2.24, 2.45) is 0 Å². The Labute approximate surface area is 201 Å². The number of fused-ring (bicyclic) bond motifs is 1. The Hall–Kier alpha value is -3.02. The van der Waals surface area contributed by atoms with Crippen molar-refractivity contribution in [1.29, 1.82) is 0 Å². The number of nitrogens with zero attached hydrogens (tertiary/aromatic N) is 1. The molecule has 1 aliphatic heterocycles. The second kappa shape index (κ2) is 10.1. The maximum absolute atomic E-state index is 13.4. The summed E-state index contributed by atoms with van der Waals surface area (Å²) in [5.74, 6) is 1.49. The van der Waals surface area contributed by atoms with Crippen LogP contribution in [0.2, 0.25) is 0 Å². The van der Waals surface area contributed by atoms with E-state index in [1.807, 2.05) is 47.4 Å². The van der Waals surface area contributed by atoms with Crippen LogP contribution >= 0.6 is 0 Å². The van der Waals surface area contributed by atoms with Crippen LogP contribution in [0.25, 0.3) is 0 Å². The Kier molecular flexibility index (Phi) is 6.75. The van der Waals surface area contributed by atoms with Crippen LogP contribution in [0.15, 0.2) is 42.5 Å². The molecular weight excluding hydrogens is 428 g/mol. The summed E-state index contributed by atoms with van der Waals surface area (Å²) >= 11 is 0. The molecule has 0 bridgehead atoms. The van der Waals surface area contributed by atoms with Crippen LogP contribution in [0.3, 0.4) is 0 Å². The second-order valence-corrected chi connectivity index (χ2v) is 9.79. The number of methoxy groups -OCH3 is 1. The molecule has 1 atom stereocenters. The topological polar surface area (TPSA) is 67.9 Å². The molecule has 6 nitrogen and oxygen atoms in total. The number of hydrogen-bond donors (Lipinski definition) is 1. The third-order valence-corrected chi connectivity index (χ3v) is 7.25. The van der Waals surface area contributed by atoms with E-state index < -0.39 is 0 Å². The number of nitrogens with one attached hydrogen (secondary N) is 1. The lowest BCUT2D eigenvalue weighted by Gasteiger charge is -2.25. The molecule has 2 fully saturated rings. The van der Waals surface area contributed by atoms with Gasteiger partial charge in [0, 0.05) is 18.2 Å². The number of carbonyl (C=O) groups is 2. The smallest absolute Gasteiger partial charge is 0.252 e. The Morgan fingerprint density at radius 3 is 2.50 bits per heavy atom. The summed E-state index contributed by atoms with van der Waals surface area (Å²) in [7, 11) is 1.67. The monoisotopic (exact) mass is 462 g/mol. The molecule has 0 spiro atoms. The van der Waals surface area contributed by atoms with Gasteiger partial charge in [-0.3, -0.25) is 9.59 Å². The van der Waals surface area contributed by atoms with E-state index in [-0.39, 0.29) is 36.4 Å². The van der Waals surface area contributed by atoms with Crippen molar-refractivity contribution in [3.05, 3.63) is 59.2 Å².